The first kappa shape index (κ1) is 20.1. The van der Waals surface area contributed by atoms with Crippen LogP contribution in [0, 0.1) is 5.82 Å². The number of hydrogen-bond donors (Lipinski definition) is 4. The van der Waals surface area contributed by atoms with Crippen molar-refractivity contribution < 1.29 is 14.3 Å². The van der Waals surface area contributed by atoms with Crippen LogP contribution in [-0.4, -0.2) is 66.2 Å². The fraction of sp³-hybridized carbons (Fsp3) is 0.429. The van der Waals surface area contributed by atoms with E-state index in [1.807, 2.05) is 18.3 Å². The van der Waals surface area contributed by atoms with Crippen LogP contribution >= 0.6 is 0 Å². The summed E-state index contributed by atoms with van der Waals surface area (Å²) in [6, 6.07) is 7.47. The average molecular weight is 427 g/mol. The summed E-state index contributed by atoms with van der Waals surface area (Å²) in [6.45, 7) is 3.92. The summed E-state index contributed by atoms with van der Waals surface area (Å²) < 4.78 is 14.4. The molecular formula is C21H26FN7O2. The Labute approximate surface area is 179 Å². The Bertz CT molecular complexity index is 944. The molecule has 164 valence electrons. The van der Waals surface area contributed by atoms with Gasteiger partial charge in [-0.2, -0.15) is 0 Å². The van der Waals surface area contributed by atoms with Gasteiger partial charge in [0.05, 0.1) is 12.1 Å². The maximum atomic E-state index is 14.4. The van der Waals surface area contributed by atoms with Crippen molar-refractivity contribution in [2.24, 2.45) is 0 Å². The molecule has 1 amide bonds. The number of hydrogen-bond acceptors (Lipinski definition) is 8. The number of pyridine rings is 1. The van der Waals surface area contributed by atoms with Crippen molar-refractivity contribution in [3.8, 4) is 5.75 Å². The highest BCUT2D eigenvalue weighted by molar-refractivity contribution is 5.95. The number of piperazine rings is 1. The minimum Gasteiger partial charge on any atom is -0.506 e. The molecule has 4 heterocycles. The molecule has 0 saturated carbocycles. The zero-order valence-corrected chi connectivity index (χ0v) is 17.3. The number of phenolic OH excluding ortho intramolecular Hbond substituents is 1. The predicted molar refractivity (Wildman–Crippen MR) is 114 cm³/mol. The number of para-hydroxylation sites is 1. The first-order chi connectivity index (χ1) is 15.0. The molecule has 0 radical (unpaired) electrons. The number of halogens is 1. The summed E-state index contributed by atoms with van der Waals surface area (Å²) >= 11 is 0. The maximum absolute atomic E-state index is 14.4. The Morgan fingerprint density at radius 2 is 1.94 bits per heavy atom. The zero-order valence-electron chi connectivity index (χ0n) is 17.3. The first-order valence-electron chi connectivity index (χ1n) is 10.5. The van der Waals surface area contributed by atoms with Gasteiger partial charge in [-0.15, -0.1) is 0 Å². The summed E-state index contributed by atoms with van der Waals surface area (Å²) in [5, 5.41) is 11.3. The van der Waals surface area contributed by atoms with Gasteiger partial charge >= 0.3 is 0 Å². The van der Waals surface area contributed by atoms with E-state index in [-0.39, 0.29) is 41.9 Å². The topological polar surface area (TPSA) is 96.0 Å². The van der Waals surface area contributed by atoms with E-state index in [0.29, 0.717) is 0 Å². The molecule has 0 spiro atoms. The number of amides is 1. The predicted octanol–water partition coefficient (Wildman–Crippen LogP) is 0.506. The first-order valence-corrected chi connectivity index (χ1v) is 10.5. The molecule has 3 atom stereocenters. The second-order valence-corrected chi connectivity index (χ2v) is 8.31. The van der Waals surface area contributed by atoms with Crippen LogP contribution in [0.5, 0.6) is 5.75 Å². The summed E-state index contributed by atoms with van der Waals surface area (Å²) in [7, 11) is 2.12. The highest BCUT2D eigenvalue weighted by atomic mass is 19.1. The van der Waals surface area contributed by atoms with Gasteiger partial charge in [-0.1, -0.05) is 12.1 Å². The van der Waals surface area contributed by atoms with Crippen molar-refractivity contribution in [1.29, 1.82) is 0 Å². The Hall–Kier alpha value is -2.79. The third-order valence-electron chi connectivity index (χ3n) is 6.29. The van der Waals surface area contributed by atoms with Crippen LogP contribution in [-0.2, 0) is 4.79 Å². The molecule has 10 heteroatoms. The molecule has 9 nitrogen and oxygen atoms in total. The molecule has 5 rings (SSSR count). The number of likely N-dealkylation sites (N-methyl/N-ethyl adjacent to an activating group) is 1. The largest absolute Gasteiger partial charge is 0.506 e. The van der Waals surface area contributed by atoms with Gasteiger partial charge in [-0.25, -0.2) is 25.2 Å². The number of nitrogens with one attached hydrogen (secondary N) is 3. The number of carbonyl (C=O) groups excluding carboxylic acids is 1. The highest BCUT2D eigenvalue weighted by Crippen LogP contribution is 2.34. The fourth-order valence-corrected chi connectivity index (χ4v) is 4.46. The molecule has 31 heavy (non-hydrogen) atoms. The van der Waals surface area contributed by atoms with Gasteiger partial charge in [0.25, 0.3) is 0 Å². The summed E-state index contributed by atoms with van der Waals surface area (Å²) in [5.74, 6) is -0.315. The Balaban J connectivity index is 1.35. The lowest BCUT2D eigenvalue weighted by Gasteiger charge is -2.37. The number of hydrazine groups is 2. The number of anilines is 2. The quantitative estimate of drug-likeness (QED) is 0.563. The van der Waals surface area contributed by atoms with E-state index in [4.69, 9.17) is 0 Å². The van der Waals surface area contributed by atoms with Crippen molar-refractivity contribution in [2.75, 3.05) is 43.1 Å². The van der Waals surface area contributed by atoms with Crippen LogP contribution in [0.25, 0.3) is 0 Å². The van der Waals surface area contributed by atoms with E-state index in [1.54, 1.807) is 0 Å². The highest BCUT2D eigenvalue weighted by Gasteiger charge is 2.44. The number of aromatic hydroxyl groups is 1. The van der Waals surface area contributed by atoms with Crippen molar-refractivity contribution >= 4 is 17.4 Å². The molecule has 3 unspecified atom stereocenters. The van der Waals surface area contributed by atoms with E-state index in [0.717, 1.165) is 42.6 Å². The van der Waals surface area contributed by atoms with E-state index < -0.39 is 5.82 Å². The molecule has 0 aliphatic carbocycles. The number of phenols is 1. The maximum Gasteiger partial charge on any atom is 0.243 e. The van der Waals surface area contributed by atoms with Gasteiger partial charge in [-0.3, -0.25) is 10.2 Å². The van der Waals surface area contributed by atoms with E-state index in [1.165, 1.54) is 18.2 Å². The van der Waals surface area contributed by atoms with E-state index >= 15 is 0 Å². The molecule has 3 fully saturated rings. The normalized spacial score (nSPS) is 26.9. The van der Waals surface area contributed by atoms with Gasteiger partial charge in [0.2, 0.25) is 5.91 Å². The van der Waals surface area contributed by atoms with Crippen LogP contribution in [0.4, 0.5) is 15.9 Å². The van der Waals surface area contributed by atoms with Crippen LogP contribution in [0.1, 0.15) is 18.0 Å². The Morgan fingerprint density at radius 1 is 1.13 bits per heavy atom. The number of rotatable bonds is 3. The Morgan fingerprint density at radius 3 is 2.65 bits per heavy atom. The van der Waals surface area contributed by atoms with Crippen molar-refractivity contribution in [1.82, 2.24) is 26.2 Å². The van der Waals surface area contributed by atoms with Gasteiger partial charge in [-0.05, 0) is 30.8 Å². The standard InChI is InChI=1S/C21H26FN7O2/c1-27-7-9-28(10-8-27)17-6-5-13(12-23-17)19-20-15(24-25-19)11-18(31)29(26-20)21-14(22)3-2-4-16(21)30/h2-6,12,15,19-20,24-26,30H,7-11H2,1H3. The molecule has 1 aromatic heterocycles. The van der Waals surface area contributed by atoms with E-state index in [2.05, 4.69) is 38.1 Å². The summed E-state index contributed by atoms with van der Waals surface area (Å²) in [5.41, 5.74) is 10.3. The number of aromatic nitrogens is 1. The smallest absolute Gasteiger partial charge is 0.243 e. The number of nitrogens with zero attached hydrogens (tertiary/aromatic N) is 4. The minimum absolute atomic E-state index is 0.153. The lowest BCUT2D eigenvalue weighted by Crippen LogP contribution is -2.60. The molecule has 3 aliphatic heterocycles. The lowest BCUT2D eigenvalue weighted by molar-refractivity contribution is -0.121. The minimum atomic E-state index is -0.659. The van der Waals surface area contributed by atoms with Crippen molar-refractivity contribution in [3.63, 3.8) is 0 Å². The third kappa shape index (κ3) is 3.72. The molecule has 0 bridgehead atoms. The van der Waals surface area contributed by atoms with E-state index in [9.17, 15) is 14.3 Å². The monoisotopic (exact) mass is 427 g/mol. The molecule has 3 aliphatic rings. The fourth-order valence-electron chi connectivity index (χ4n) is 4.46. The second kappa shape index (κ2) is 8.04. The van der Waals surface area contributed by atoms with Crippen LogP contribution in [0.2, 0.25) is 0 Å². The number of fused-ring (bicyclic) bond motifs is 1. The molecule has 3 saturated heterocycles. The van der Waals surface area contributed by atoms with Crippen LogP contribution in [0.3, 0.4) is 0 Å². The summed E-state index contributed by atoms with van der Waals surface area (Å²) in [4.78, 5) is 21.9. The van der Waals surface area contributed by atoms with Crippen LogP contribution < -0.4 is 26.2 Å². The molecule has 1 aromatic carbocycles. The molecule has 2 aromatic rings. The number of benzene rings is 1. The van der Waals surface area contributed by atoms with Crippen molar-refractivity contribution in [2.45, 2.75) is 24.5 Å². The SMILES string of the molecule is CN1CCN(c2ccc(C3NNC4CC(=O)N(c5c(O)cccc5F)NC43)cn2)CC1. The van der Waals surface area contributed by atoms with Gasteiger partial charge in [0.15, 0.2) is 5.82 Å². The molecular weight excluding hydrogens is 401 g/mol. The van der Waals surface area contributed by atoms with Crippen LogP contribution in [0.15, 0.2) is 36.5 Å². The molecule has 4 N–H and O–H groups in total. The van der Waals surface area contributed by atoms with Crippen molar-refractivity contribution in [3.05, 3.63) is 47.9 Å². The second-order valence-electron chi connectivity index (χ2n) is 8.31. The average Bonchev–Trinajstić information content (AvgIpc) is 3.17. The summed E-state index contributed by atoms with van der Waals surface area (Å²) in [6.07, 6.45) is 2.01. The number of carbonyl (C=O) groups is 1. The third-order valence-corrected chi connectivity index (χ3v) is 6.29. The van der Waals surface area contributed by atoms with Gasteiger partial charge in [0.1, 0.15) is 17.3 Å². The lowest BCUT2D eigenvalue weighted by atomic mass is 9.94. The Kier molecular flexibility index (Phi) is 5.22. The van der Waals surface area contributed by atoms with Gasteiger partial charge in [0, 0.05) is 44.8 Å². The zero-order chi connectivity index (χ0) is 21.5. The van der Waals surface area contributed by atoms with Gasteiger partial charge < -0.3 is 14.9 Å².